The molecule has 3 aromatic rings. The van der Waals surface area contributed by atoms with Crippen LogP contribution in [-0.4, -0.2) is 58.6 Å². The van der Waals surface area contributed by atoms with Crippen molar-refractivity contribution in [2.24, 2.45) is 0 Å². The van der Waals surface area contributed by atoms with Crippen molar-refractivity contribution in [3.63, 3.8) is 0 Å². The van der Waals surface area contributed by atoms with Crippen molar-refractivity contribution in [2.75, 3.05) is 20.8 Å². The van der Waals surface area contributed by atoms with Crippen LogP contribution in [0.4, 0.5) is 0 Å². The molecule has 0 unspecified atom stereocenters. The van der Waals surface area contributed by atoms with Crippen LogP contribution in [0.5, 0.6) is 11.5 Å². The Morgan fingerprint density at radius 3 is 2.24 bits per heavy atom. The van der Waals surface area contributed by atoms with E-state index in [1.54, 1.807) is 51.9 Å². The first-order valence-corrected chi connectivity index (χ1v) is 12.1. The zero-order chi connectivity index (χ0) is 26.9. The molecule has 1 aliphatic heterocycles. The number of amides is 1. The van der Waals surface area contributed by atoms with Gasteiger partial charge in [-0.05, 0) is 43.2 Å². The molecule has 0 aliphatic carbocycles. The average molecular weight is 510 g/mol. The minimum Gasteiger partial charge on any atom is -0.493 e. The highest BCUT2D eigenvalue weighted by molar-refractivity contribution is 5.89. The quantitative estimate of drug-likeness (QED) is 0.450. The zero-order valence-corrected chi connectivity index (χ0v) is 21.6. The number of carbonyl (C=O) groups excluding carboxylic acids is 3. The van der Waals surface area contributed by atoms with Gasteiger partial charge in [0.05, 0.1) is 31.3 Å². The number of ether oxygens (including phenoxy) is 3. The summed E-state index contributed by atoms with van der Waals surface area (Å²) in [5.41, 5.74) is 1.35. The van der Waals surface area contributed by atoms with Gasteiger partial charge in [0.2, 0.25) is 11.8 Å². The Balaban J connectivity index is 1.62. The van der Waals surface area contributed by atoms with E-state index in [1.807, 2.05) is 6.92 Å². The highest BCUT2D eigenvalue weighted by Crippen LogP contribution is 2.36. The molecule has 0 N–H and O–H groups in total. The number of imidazole rings is 1. The molecule has 1 fully saturated rings. The summed E-state index contributed by atoms with van der Waals surface area (Å²) in [6.45, 7) is 4.85. The van der Waals surface area contributed by atoms with Crippen molar-refractivity contribution >= 4 is 28.8 Å². The molecule has 0 saturated carbocycles. The number of esters is 1. The van der Waals surface area contributed by atoms with E-state index in [4.69, 9.17) is 14.2 Å². The maximum absolute atomic E-state index is 13.4. The summed E-state index contributed by atoms with van der Waals surface area (Å²) in [7, 11) is 3.05. The molecule has 37 heavy (non-hydrogen) atoms. The maximum Gasteiger partial charge on any atom is 0.336 e. The van der Waals surface area contributed by atoms with Crippen LogP contribution in [0.15, 0.2) is 47.3 Å². The number of para-hydroxylation sites is 2. The predicted molar refractivity (Wildman–Crippen MR) is 136 cm³/mol. The third kappa shape index (κ3) is 4.83. The van der Waals surface area contributed by atoms with E-state index in [0.717, 1.165) is 4.57 Å². The molecule has 2 aromatic carbocycles. The molecular formula is C27H31N3O7. The Morgan fingerprint density at radius 2 is 1.65 bits per heavy atom. The van der Waals surface area contributed by atoms with Crippen LogP contribution in [-0.2, 0) is 14.3 Å². The molecule has 1 aromatic heterocycles. The molecule has 0 radical (unpaired) electrons. The number of carbonyl (C=O) groups is 3. The van der Waals surface area contributed by atoms with Gasteiger partial charge in [0.25, 0.3) is 0 Å². The second kappa shape index (κ2) is 10.5. The first kappa shape index (κ1) is 26.0. The number of hydrogen-bond acceptors (Lipinski definition) is 7. The lowest BCUT2D eigenvalue weighted by Crippen LogP contribution is -2.48. The number of likely N-dealkylation sites (tertiary alicyclic amines) is 1. The number of piperidine rings is 1. The van der Waals surface area contributed by atoms with Crippen LogP contribution in [0.25, 0.3) is 11.0 Å². The second-order valence-electron chi connectivity index (χ2n) is 9.11. The molecule has 10 heteroatoms. The monoisotopic (exact) mass is 509 g/mol. The molecule has 10 nitrogen and oxygen atoms in total. The molecule has 1 saturated heterocycles. The largest absolute Gasteiger partial charge is 0.493 e. The lowest BCUT2D eigenvalue weighted by Gasteiger charge is -2.39. The Bertz CT molecular complexity index is 1410. The summed E-state index contributed by atoms with van der Waals surface area (Å²) in [6.07, 6.45) is -0.157. The van der Waals surface area contributed by atoms with Crippen LogP contribution in [0.1, 0.15) is 56.1 Å². The van der Waals surface area contributed by atoms with Crippen LogP contribution >= 0.6 is 0 Å². The number of hydrogen-bond donors (Lipinski definition) is 0. The van der Waals surface area contributed by atoms with Crippen molar-refractivity contribution in [1.82, 2.24) is 14.0 Å². The van der Waals surface area contributed by atoms with Crippen LogP contribution in [0.3, 0.4) is 0 Å². The minimum atomic E-state index is -0.736. The van der Waals surface area contributed by atoms with E-state index in [0.29, 0.717) is 41.1 Å². The molecular weight excluding hydrogens is 478 g/mol. The Morgan fingerprint density at radius 1 is 0.973 bits per heavy atom. The number of nitrogens with zero attached hydrogens (tertiary/aromatic N) is 3. The van der Waals surface area contributed by atoms with Gasteiger partial charge < -0.3 is 19.1 Å². The highest BCUT2D eigenvalue weighted by atomic mass is 16.5. The highest BCUT2D eigenvalue weighted by Gasteiger charge is 2.37. The SMILES string of the molecule is COc1ccc([C@@H](OC(C)=O)[C@@H](C)N2CC[C@H](n3c(=O)n(C(C)=O)c4ccccc43)CC2=O)cc1OC. The van der Waals surface area contributed by atoms with E-state index < -0.39 is 29.8 Å². The first-order chi connectivity index (χ1) is 17.7. The number of methoxy groups -OCH3 is 2. The van der Waals surface area contributed by atoms with Gasteiger partial charge in [0.15, 0.2) is 11.5 Å². The van der Waals surface area contributed by atoms with Crippen LogP contribution < -0.4 is 15.2 Å². The van der Waals surface area contributed by atoms with Gasteiger partial charge >= 0.3 is 11.7 Å². The van der Waals surface area contributed by atoms with Crippen LogP contribution in [0, 0.1) is 0 Å². The molecule has 2 heterocycles. The fraction of sp³-hybridized carbons (Fsp3) is 0.407. The standard InChI is InChI=1S/C27H31N3O7/c1-16(26(37-18(3)32)19-10-11-23(35-4)24(14-19)36-5)28-13-12-20(15-25(28)33)30-22-9-7-6-8-21(22)29(17(2)31)27(30)34/h6-11,14,16,20,26H,12-13,15H2,1-5H3/t16-,20+,26+/m1/s1. The fourth-order valence-corrected chi connectivity index (χ4v) is 5.13. The van der Waals surface area contributed by atoms with Crippen molar-refractivity contribution in [3.05, 3.63) is 58.5 Å². The lowest BCUT2D eigenvalue weighted by atomic mass is 9.96. The van der Waals surface area contributed by atoms with Gasteiger partial charge in [0, 0.05) is 32.9 Å². The van der Waals surface area contributed by atoms with Gasteiger partial charge in [-0.3, -0.25) is 19.0 Å². The topological polar surface area (TPSA) is 109 Å². The zero-order valence-electron chi connectivity index (χ0n) is 21.6. The van der Waals surface area contributed by atoms with Gasteiger partial charge in [-0.2, -0.15) is 0 Å². The fourth-order valence-electron chi connectivity index (χ4n) is 5.13. The Kier molecular flexibility index (Phi) is 7.37. The number of benzene rings is 2. The van der Waals surface area contributed by atoms with Gasteiger partial charge in [0.1, 0.15) is 6.10 Å². The summed E-state index contributed by atoms with van der Waals surface area (Å²) in [6, 6.07) is 11.4. The molecule has 0 bridgehead atoms. The Labute approximate surface area is 214 Å². The number of aromatic nitrogens is 2. The van der Waals surface area contributed by atoms with E-state index in [2.05, 4.69) is 0 Å². The van der Waals surface area contributed by atoms with E-state index in [-0.39, 0.29) is 18.2 Å². The van der Waals surface area contributed by atoms with Crippen molar-refractivity contribution < 1.29 is 28.6 Å². The summed E-state index contributed by atoms with van der Waals surface area (Å²) >= 11 is 0. The van der Waals surface area contributed by atoms with E-state index in [1.165, 1.54) is 28.1 Å². The summed E-state index contributed by atoms with van der Waals surface area (Å²) < 4.78 is 19.1. The molecule has 1 amide bonds. The van der Waals surface area contributed by atoms with Crippen LogP contribution in [0.2, 0.25) is 0 Å². The van der Waals surface area contributed by atoms with E-state index >= 15 is 0 Å². The minimum absolute atomic E-state index is 0.0783. The van der Waals surface area contributed by atoms with Gasteiger partial charge in [-0.25, -0.2) is 9.36 Å². The normalized spacial score (nSPS) is 17.4. The smallest absolute Gasteiger partial charge is 0.336 e. The van der Waals surface area contributed by atoms with Gasteiger partial charge in [-0.1, -0.05) is 18.2 Å². The number of fused-ring (bicyclic) bond motifs is 1. The average Bonchev–Trinajstić information content (AvgIpc) is 3.18. The third-order valence-electron chi connectivity index (χ3n) is 6.85. The van der Waals surface area contributed by atoms with Gasteiger partial charge in [-0.15, -0.1) is 0 Å². The molecule has 196 valence electrons. The lowest BCUT2D eigenvalue weighted by molar-refractivity contribution is -0.155. The maximum atomic E-state index is 13.4. The number of rotatable bonds is 7. The van der Waals surface area contributed by atoms with Crippen molar-refractivity contribution in [3.8, 4) is 11.5 Å². The summed E-state index contributed by atoms with van der Waals surface area (Å²) in [5, 5.41) is 0. The summed E-state index contributed by atoms with van der Waals surface area (Å²) in [4.78, 5) is 52.4. The van der Waals surface area contributed by atoms with Crippen molar-refractivity contribution in [2.45, 2.75) is 51.8 Å². The second-order valence-corrected chi connectivity index (χ2v) is 9.11. The molecule has 0 spiro atoms. The van der Waals surface area contributed by atoms with Crippen molar-refractivity contribution in [1.29, 1.82) is 0 Å². The van der Waals surface area contributed by atoms with E-state index in [9.17, 15) is 19.2 Å². The predicted octanol–water partition coefficient (Wildman–Crippen LogP) is 3.34. The Hall–Kier alpha value is -4.08. The molecule has 4 rings (SSSR count). The first-order valence-electron chi connectivity index (χ1n) is 12.1. The molecule has 1 aliphatic rings. The summed E-state index contributed by atoms with van der Waals surface area (Å²) in [5.74, 6) is -0.00913. The molecule has 3 atom stereocenters. The third-order valence-corrected chi connectivity index (χ3v) is 6.85.